The Labute approximate surface area is 110 Å². The molecule has 1 aromatic rings. The Morgan fingerprint density at radius 1 is 1.28 bits per heavy atom. The number of hydrogen-bond acceptors (Lipinski definition) is 2. The molecule has 100 valence electrons. The molecule has 0 aliphatic rings. The molecule has 2 heteroatoms. The van der Waals surface area contributed by atoms with Crippen LogP contribution in [-0.2, 0) is 10.2 Å². The van der Waals surface area contributed by atoms with E-state index in [1.165, 1.54) is 5.56 Å². The zero-order chi connectivity index (χ0) is 13.8. The SMILES string of the molecule is CCCC(=O)COc1ccc(C)cc1C(C)(C)C. The second-order valence-electron chi connectivity index (χ2n) is 5.83. The standard InChI is InChI=1S/C16H24O2/c1-6-7-13(17)11-18-15-9-8-12(2)10-14(15)16(3,4)5/h8-10H,6-7,11H2,1-5H3. The molecule has 0 aliphatic carbocycles. The van der Waals surface area contributed by atoms with Crippen molar-refractivity contribution in [1.29, 1.82) is 0 Å². The Bertz CT molecular complexity index is 414. The predicted octanol–water partition coefficient (Wildman–Crippen LogP) is 4.04. The maximum absolute atomic E-state index is 11.5. The summed E-state index contributed by atoms with van der Waals surface area (Å²) in [5.74, 6) is 0.996. The lowest BCUT2D eigenvalue weighted by atomic mass is 9.85. The maximum atomic E-state index is 11.5. The van der Waals surface area contributed by atoms with Crippen LogP contribution in [0.4, 0.5) is 0 Å². The molecule has 1 rings (SSSR count). The fourth-order valence-corrected chi connectivity index (χ4v) is 1.87. The van der Waals surface area contributed by atoms with Crippen LogP contribution in [0.25, 0.3) is 0 Å². The molecule has 0 saturated heterocycles. The van der Waals surface area contributed by atoms with Gasteiger partial charge in [-0.15, -0.1) is 0 Å². The van der Waals surface area contributed by atoms with Crippen LogP contribution < -0.4 is 4.74 Å². The molecular weight excluding hydrogens is 224 g/mol. The summed E-state index contributed by atoms with van der Waals surface area (Å²) in [6, 6.07) is 6.13. The van der Waals surface area contributed by atoms with E-state index in [-0.39, 0.29) is 17.8 Å². The molecular formula is C16H24O2. The monoisotopic (exact) mass is 248 g/mol. The number of carbonyl (C=O) groups excluding carboxylic acids is 1. The zero-order valence-corrected chi connectivity index (χ0v) is 12.2. The van der Waals surface area contributed by atoms with E-state index < -0.39 is 0 Å². The van der Waals surface area contributed by atoms with Crippen molar-refractivity contribution in [3.8, 4) is 5.75 Å². The van der Waals surface area contributed by atoms with Gasteiger partial charge in [-0.25, -0.2) is 0 Å². The molecule has 0 bridgehead atoms. The number of Topliss-reactive ketones (excluding diaryl/α,β-unsaturated/α-hetero) is 1. The van der Waals surface area contributed by atoms with Gasteiger partial charge in [-0.2, -0.15) is 0 Å². The van der Waals surface area contributed by atoms with Crippen LogP contribution in [0.15, 0.2) is 18.2 Å². The molecule has 0 saturated carbocycles. The fraction of sp³-hybridized carbons (Fsp3) is 0.562. The molecule has 0 amide bonds. The summed E-state index contributed by atoms with van der Waals surface area (Å²) in [5.41, 5.74) is 2.40. The predicted molar refractivity (Wildman–Crippen MR) is 75.3 cm³/mol. The minimum atomic E-state index is 0.0230. The average Bonchev–Trinajstić information content (AvgIpc) is 2.26. The van der Waals surface area contributed by atoms with Gasteiger partial charge in [0.05, 0.1) is 0 Å². The van der Waals surface area contributed by atoms with Gasteiger partial charge in [-0.1, -0.05) is 45.4 Å². The highest BCUT2D eigenvalue weighted by Gasteiger charge is 2.19. The molecule has 2 nitrogen and oxygen atoms in total. The Hall–Kier alpha value is -1.31. The van der Waals surface area contributed by atoms with E-state index in [9.17, 15) is 4.79 Å². The molecule has 0 heterocycles. The first kappa shape index (κ1) is 14.7. The van der Waals surface area contributed by atoms with Crippen molar-refractivity contribution in [2.75, 3.05) is 6.61 Å². The van der Waals surface area contributed by atoms with Crippen LogP contribution in [0.2, 0.25) is 0 Å². The number of hydrogen-bond donors (Lipinski definition) is 0. The fourth-order valence-electron chi connectivity index (χ4n) is 1.87. The van der Waals surface area contributed by atoms with E-state index in [0.717, 1.165) is 17.7 Å². The van der Waals surface area contributed by atoms with Crippen molar-refractivity contribution in [2.24, 2.45) is 0 Å². The maximum Gasteiger partial charge on any atom is 0.170 e. The first-order valence-electron chi connectivity index (χ1n) is 6.60. The Morgan fingerprint density at radius 3 is 2.50 bits per heavy atom. The van der Waals surface area contributed by atoms with E-state index in [2.05, 4.69) is 33.8 Å². The van der Waals surface area contributed by atoms with Gasteiger partial charge < -0.3 is 4.74 Å². The molecule has 0 atom stereocenters. The van der Waals surface area contributed by atoms with Crippen molar-refractivity contribution >= 4 is 5.78 Å². The van der Waals surface area contributed by atoms with Crippen molar-refractivity contribution in [3.63, 3.8) is 0 Å². The zero-order valence-electron chi connectivity index (χ0n) is 12.2. The summed E-state index contributed by atoms with van der Waals surface area (Å²) >= 11 is 0. The summed E-state index contributed by atoms with van der Waals surface area (Å²) in [7, 11) is 0. The minimum Gasteiger partial charge on any atom is -0.486 e. The lowest BCUT2D eigenvalue weighted by Crippen LogP contribution is -2.16. The molecule has 0 spiro atoms. The van der Waals surface area contributed by atoms with Crippen LogP contribution in [0, 0.1) is 6.92 Å². The number of ether oxygens (including phenoxy) is 1. The quantitative estimate of drug-likeness (QED) is 0.786. The third-order valence-electron chi connectivity index (χ3n) is 2.86. The van der Waals surface area contributed by atoms with Crippen molar-refractivity contribution in [1.82, 2.24) is 0 Å². The second kappa shape index (κ2) is 6.03. The molecule has 1 aromatic carbocycles. The van der Waals surface area contributed by atoms with Gasteiger partial charge in [0.15, 0.2) is 5.78 Å². The number of rotatable bonds is 5. The Kier molecular flexibility index (Phi) is 4.94. The largest absolute Gasteiger partial charge is 0.486 e. The number of ketones is 1. The summed E-state index contributed by atoms with van der Waals surface area (Å²) in [6.45, 7) is 10.7. The molecule has 0 radical (unpaired) electrons. The van der Waals surface area contributed by atoms with E-state index in [4.69, 9.17) is 4.74 Å². The number of aryl methyl sites for hydroxylation is 1. The normalized spacial score (nSPS) is 11.4. The lowest BCUT2D eigenvalue weighted by molar-refractivity contribution is -0.121. The molecule has 0 unspecified atom stereocenters. The van der Waals surface area contributed by atoms with Gasteiger partial charge in [0.1, 0.15) is 12.4 Å². The third-order valence-corrected chi connectivity index (χ3v) is 2.86. The highest BCUT2D eigenvalue weighted by atomic mass is 16.5. The van der Waals surface area contributed by atoms with Crippen LogP contribution >= 0.6 is 0 Å². The van der Waals surface area contributed by atoms with Crippen LogP contribution in [0.1, 0.15) is 51.7 Å². The van der Waals surface area contributed by atoms with Crippen LogP contribution in [0.5, 0.6) is 5.75 Å². The molecule has 0 N–H and O–H groups in total. The highest BCUT2D eigenvalue weighted by molar-refractivity contribution is 5.79. The lowest BCUT2D eigenvalue weighted by Gasteiger charge is -2.23. The number of carbonyl (C=O) groups is 1. The van der Waals surface area contributed by atoms with Gasteiger partial charge >= 0.3 is 0 Å². The van der Waals surface area contributed by atoms with E-state index in [1.54, 1.807) is 0 Å². The van der Waals surface area contributed by atoms with E-state index in [0.29, 0.717) is 6.42 Å². The summed E-state index contributed by atoms with van der Waals surface area (Å²) in [5, 5.41) is 0. The first-order chi connectivity index (χ1) is 8.34. The number of benzene rings is 1. The highest BCUT2D eigenvalue weighted by Crippen LogP contribution is 2.32. The Morgan fingerprint density at radius 2 is 1.94 bits per heavy atom. The van der Waals surface area contributed by atoms with Gasteiger partial charge in [0.25, 0.3) is 0 Å². The topological polar surface area (TPSA) is 26.3 Å². The summed E-state index contributed by atoms with van der Waals surface area (Å²) < 4.78 is 5.68. The van der Waals surface area contributed by atoms with Gasteiger partial charge in [-0.05, 0) is 30.4 Å². The summed E-state index contributed by atoms with van der Waals surface area (Å²) in [6.07, 6.45) is 1.47. The minimum absolute atomic E-state index is 0.0230. The summed E-state index contributed by atoms with van der Waals surface area (Å²) in [4.78, 5) is 11.5. The third kappa shape index (κ3) is 4.17. The second-order valence-corrected chi connectivity index (χ2v) is 5.83. The first-order valence-corrected chi connectivity index (χ1v) is 6.60. The average molecular weight is 248 g/mol. The van der Waals surface area contributed by atoms with Crippen LogP contribution in [-0.4, -0.2) is 12.4 Å². The molecule has 0 fully saturated rings. The van der Waals surface area contributed by atoms with Gasteiger partial charge in [0, 0.05) is 6.42 Å². The van der Waals surface area contributed by atoms with Gasteiger partial charge in [0.2, 0.25) is 0 Å². The molecule has 0 aromatic heterocycles. The van der Waals surface area contributed by atoms with Gasteiger partial charge in [-0.3, -0.25) is 4.79 Å². The molecule has 18 heavy (non-hydrogen) atoms. The van der Waals surface area contributed by atoms with Crippen molar-refractivity contribution in [2.45, 2.75) is 52.9 Å². The van der Waals surface area contributed by atoms with Crippen molar-refractivity contribution < 1.29 is 9.53 Å². The van der Waals surface area contributed by atoms with Crippen LogP contribution in [0.3, 0.4) is 0 Å². The van der Waals surface area contributed by atoms with E-state index >= 15 is 0 Å². The Balaban J connectivity index is 2.85. The van der Waals surface area contributed by atoms with E-state index in [1.807, 2.05) is 19.1 Å². The molecule has 0 aliphatic heterocycles. The smallest absolute Gasteiger partial charge is 0.170 e. The van der Waals surface area contributed by atoms with Crippen molar-refractivity contribution in [3.05, 3.63) is 29.3 Å².